The van der Waals surface area contributed by atoms with E-state index in [0.29, 0.717) is 19.1 Å². The first-order valence-electron chi connectivity index (χ1n) is 8.67. The van der Waals surface area contributed by atoms with Gasteiger partial charge in [0.25, 0.3) is 0 Å². The second kappa shape index (κ2) is 10.1. The number of amides is 1. The molecule has 0 saturated heterocycles. The third-order valence-corrected chi connectivity index (χ3v) is 3.40. The van der Waals surface area contributed by atoms with Crippen molar-refractivity contribution in [3.05, 3.63) is 61.2 Å². The second-order valence-electron chi connectivity index (χ2n) is 6.26. The molecule has 0 fully saturated rings. The summed E-state index contributed by atoms with van der Waals surface area (Å²) in [6.45, 7) is 9.13. The van der Waals surface area contributed by atoms with Crippen LogP contribution in [0, 0.1) is 5.92 Å². The molecule has 2 rings (SSSR count). The van der Waals surface area contributed by atoms with Gasteiger partial charge in [0.15, 0.2) is 0 Å². The summed E-state index contributed by atoms with van der Waals surface area (Å²) in [6.07, 6.45) is 1.69. The summed E-state index contributed by atoms with van der Waals surface area (Å²) in [4.78, 5) is 12.1. The molecule has 26 heavy (non-hydrogen) atoms. The molecule has 0 aliphatic rings. The fourth-order valence-corrected chi connectivity index (χ4v) is 2.11. The minimum absolute atomic E-state index is 0.118. The van der Waals surface area contributed by atoms with Crippen molar-refractivity contribution >= 4 is 17.3 Å². The zero-order valence-electron chi connectivity index (χ0n) is 15.3. The van der Waals surface area contributed by atoms with Gasteiger partial charge in [-0.1, -0.05) is 26.5 Å². The van der Waals surface area contributed by atoms with E-state index in [0.717, 1.165) is 22.9 Å². The highest BCUT2D eigenvalue weighted by Gasteiger charge is 2.04. The third-order valence-electron chi connectivity index (χ3n) is 3.40. The molecule has 2 aromatic rings. The van der Waals surface area contributed by atoms with E-state index in [4.69, 9.17) is 9.47 Å². The Hall–Kier alpha value is -2.95. The van der Waals surface area contributed by atoms with E-state index in [-0.39, 0.29) is 12.5 Å². The lowest BCUT2D eigenvalue weighted by Crippen LogP contribution is -2.21. The number of carbonyl (C=O) groups excluding carboxylic acids is 1. The lowest BCUT2D eigenvalue weighted by molar-refractivity contribution is -0.114. The van der Waals surface area contributed by atoms with Crippen LogP contribution in [0.1, 0.15) is 13.8 Å². The number of carbonyl (C=O) groups is 1. The van der Waals surface area contributed by atoms with Gasteiger partial charge in [0.1, 0.15) is 18.1 Å². The van der Waals surface area contributed by atoms with Crippen molar-refractivity contribution in [2.24, 2.45) is 5.92 Å². The predicted octanol–water partition coefficient (Wildman–Crippen LogP) is 4.34. The summed E-state index contributed by atoms with van der Waals surface area (Å²) in [7, 11) is 0. The number of benzene rings is 2. The number of rotatable bonds is 10. The lowest BCUT2D eigenvalue weighted by atomic mass is 10.2. The number of nitrogens with one attached hydrogen (secondary N) is 2. The van der Waals surface area contributed by atoms with Crippen molar-refractivity contribution in [3.8, 4) is 11.5 Å². The van der Waals surface area contributed by atoms with Gasteiger partial charge in [0, 0.05) is 11.4 Å². The van der Waals surface area contributed by atoms with Crippen LogP contribution in [0.2, 0.25) is 0 Å². The van der Waals surface area contributed by atoms with Crippen LogP contribution >= 0.6 is 0 Å². The second-order valence-corrected chi connectivity index (χ2v) is 6.26. The SMILES string of the molecule is C=CCOc1ccc(NCC(=O)Nc2ccc(OCC(C)C)cc2)cc1. The van der Waals surface area contributed by atoms with Crippen LogP contribution in [-0.2, 0) is 4.79 Å². The molecule has 0 aliphatic heterocycles. The van der Waals surface area contributed by atoms with Crippen molar-refractivity contribution in [2.45, 2.75) is 13.8 Å². The van der Waals surface area contributed by atoms with Gasteiger partial charge in [-0.25, -0.2) is 0 Å². The molecule has 0 bridgehead atoms. The molecule has 5 nitrogen and oxygen atoms in total. The van der Waals surface area contributed by atoms with Crippen LogP contribution in [0.25, 0.3) is 0 Å². The Balaban J connectivity index is 1.76. The van der Waals surface area contributed by atoms with Gasteiger partial charge in [-0.05, 0) is 54.4 Å². The first kappa shape index (κ1) is 19.4. The molecule has 0 heterocycles. The maximum absolute atomic E-state index is 12.1. The van der Waals surface area contributed by atoms with E-state index < -0.39 is 0 Å². The van der Waals surface area contributed by atoms with E-state index in [1.54, 1.807) is 6.08 Å². The molecule has 1 amide bonds. The summed E-state index contributed by atoms with van der Waals surface area (Å²) >= 11 is 0. The fourth-order valence-electron chi connectivity index (χ4n) is 2.11. The van der Waals surface area contributed by atoms with Crippen LogP contribution in [0.15, 0.2) is 61.2 Å². The maximum atomic E-state index is 12.1. The molecule has 0 atom stereocenters. The Kier molecular flexibility index (Phi) is 7.55. The van der Waals surface area contributed by atoms with E-state index in [1.165, 1.54) is 0 Å². The Morgan fingerprint density at radius 1 is 1.00 bits per heavy atom. The van der Waals surface area contributed by atoms with Gasteiger partial charge in [-0.3, -0.25) is 4.79 Å². The highest BCUT2D eigenvalue weighted by molar-refractivity contribution is 5.93. The van der Waals surface area contributed by atoms with Crippen molar-refractivity contribution in [2.75, 3.05) is 30.4 Å². The standard InChI is InChI=1S/C21H26N2O3/c1-4-13-25-19-9-5-17(6-10-19)22-14-21(24)23-18-7-11-20(12-8-18)26-15-16(2)3/h4-12,16,22H,1,13-15H2,2-3H3,(H,23,24). The molecule has 5 heteroatoms. The minimum Gasteiger partial charge on any atom is -0.493 e. The van der Waals surface area contributed by atoms with E-state index >= 15 is 0 Å². The van der Waals surface area contributed by atoms with Crippen LogP contribution in [-0.4, -0.2) is 25.7 Å². The normalized spacial score (nSPS) is 10.3. The number of anilines is 2. The Morgan fingerprint density at radius 3 is 2.15 bits per heavy atom. The number of ether oxygens (including phenoxy) is 2. The highest BCUT2D eigenvalue weighted by Crippen LogP contribution is 2.17. The molecule has 0 spiro atoms. The molecule has 0 radical (unpaired) electrons. The van der Waals surface area contributed by atoms with Gasteiger partial charge in [0.2, 0.25) is 5.91 Å². The summed E-state index contributed by atoms with van der Waals surface area (Å²) in [6, 6.07) is 14.8. The smallest absolute Gasteiger partial charge is 0.243 e. The third kappa shape index (κ3) is 6.89. The van der Waals surface area contributed by atoms with Crippen LogP contribution < -0.4 is 20.1 Å². The molecule has 2 aromatic carbocycles. The van der Waals surface area contributed by atoms with Gasteiger partial charge in [0.05, 0.1) is 13.2 Å². The predicted molar refractivity (Wildman–Crippen MR) is 106 cm³/mol. The highest BCUT2D eigenvalue weighted by atomic mass is 16.5. The first-order chi connectivity index (χ1) is 12.6. The maximum Gasteiger partial charge on any atom is 0.243 e. The largest absolute Gasteiger partial charge is 0.493 e. The Labute approximate surface area is 155 Å². The van der Waals surface area contributed by atoms with E-state index in [2.05, 4.69) is 31.1 Å². The zero-order valence-corrected chi connectivity index (χ0v) is 15.3. The Bertz CT molecular complexity index is 694. The van der Waals surface area contributed by atoms with Gasteiger partial charge in [-0.15, -0.1) is 0 Å². The monoisotopic (exact) mass is 354 g/mol. The lowest BCUT2D eigenvalue weighted by Gasteiger charge is -2.11. The van der Waals surface area contributed by atoms with Crippen molar-refractivity contribution in [1.29, 1.82) is 0 Å². The topological polar surface area (TPSA) is 59.6 Å². The molecule has 2 N–H and O–H groups in total. The average molecular weight is 354 g/mol. The molecule has 138 valence electrons. The Morgan fingerprint density at radius 2 is 1.58 bits per heavy atom. The van der Waals surface area contributed by atoms with Gasteiger partial charge < -0.3 is 20.1 Å². The number of hydrogen-bond donors (Lipinski definition) is 2. The zero-order chi connectivity index (χ0) is 18.8. The van der Waals surface area contributed by atoms with Crippen LogP contribution in [0.3, 0.4) is 0 Å². The molecule has 0 aromatic heterocycles. The van der Waals surface area contributed by atoms with Crippen LogP contribution in [0.4, 0.5) is 11.4 Å². The number of hydrogen-bond acceptors (Lipinski definition) is 4. The quantitative estimate of drug-likeness (QED) is 0.623. The van der Waals surface area contributed by atoms with Crippen LogP contribution in [0.5, 0.6) is 11.5 Å². The van der Waals surface area contributed by atoms with Crippen molar-refractivity contribution in [3.63, 3.8) is 0 Å². The molecule has 0 saturated carbocycles. The van der Waals surface area contributed by atoms with Gasteiger partial charge in [-0.2, -0.15) is 0 Å². The summed E-state index contributed by atoms with van der Waals surface area (Å²) in [5, 5.41) is 5.93. The first-order valence-corrected chi connectivity index (χ1v) is 8.67. The fraction of sp³-hybridized carbons (Fsp3) is 0.286. The van der Waals surface area contributed by atoms with E-state index in [1.807, 2.05) is 48.5 Å². The molecular weight excluding hydrogens is 328 g/mol. The summed E-state index contributed by atoms with van der Waals surface area (Å²) < 4.78 is 11.0. The van der Waals surface area contributed by atoms with Crippen molar-refractivity contribution in [1.82, 2.24) is 0 Å². The summed E-state index contributed by atoms with van der Waals surface area (Å²) in [5.41, 5.74) is 1.59. The summed E-state index contributed by atoms with van der Waals surface area (Å²) in [5.74, 6) is 1.92. The minimum atomic E-state index is -0.118. The van der Waals surface area contributed by atoms with Gasteiger partial charge >= 0.3 is 0 Å². The van der Waals surface area contributed by atoms with E-state index in [9.17, 15) is 4.79 Å². The molecule has 0 aliphatic carbocycles. The van der Waals surface area contributed by atoms with Crippen molar-refractivity contribution < 1.29 is 14.3 Å². The average Bonchev–Trinajstić information content (AvgIpc) is 2.65. The molecule has 0 unspecified atom stereocenters. The molecular formula is C21H26N2O3.